The summed E-state index contributed by atoms with van der Waals surface area (Å²) in [5, 5.41) is 14.7. The van der Waals surface area contributed by atoms with Crippen LogP contribution in [0.1, 0.15) is 42.9 Å². The highest BCUT2D eigenvalue weighted by Gasteiger charge is 2.27. The van der Waals surface area contributed by atoms with Crippen molar-refractivity contribution in [3.8, 4) is 17.1 Å². The number of ether oxygens (including phenoxy) is 1. The summed E-state index contributed by atoms with van der Waals surface area (Å²) in [5.41, 5.74) is 5.54. The number of hydrogen-bond acceptors (Lipinski definition) is 7. The van der Waals surface area contributed by atoms with E-state index in [0.29, 0.717) is 11.7 Å². The minimum Gasteiger partial charge on any atom is -0.473 e. The fourth-order valence-electron chi connectivity index (χ4n) is 5.84. The Bertz CT molecular complexity index is 1960. The quantitative estimate of drug-likeness (QED) is 0.224. The van der Waals surface area contributed by atoms with Crippen LogP contribution >= 0.6 is 0 Å². The molecule has 0 saturated heterocycles. The summed E-state index contributed by atoms with van der Waals surface area (Å²) in [6.45, 7) is 0. The van der Waals surface area contributed by atoms with E-state index in [1.54, 1.807) is 17.8 Å². The fourth-order valence-corrected chi connectivity index (χ4v) is 5.84. The summed E-state index contributed by atoms with van der Waals surface area (Å²) in [6, 6.07) is 25.7. The van der Waals surface area contributed by atoms with E-state index in [4.69, 9.17) is 19.8 Å². The third kappa shape index (κ3) is 5.54. The van der Waals surface area contributed by atoms with E-state index in [-0.39, 0.29) is 17.7 Å². The number of hydrogen-bond donors (Lipinski definition) is 0. The van der Waals surface area contributed by atoms with E-state index >= 15 is 0 Å². The van der Waals surface area contributed by atoms with Gasteiger partial charge in [0.2, 0.25) is 5.88 Å². The molecule has 1 saturated carbocycles. The Balaban J connectivity index is 1.24. The first kappa shape index (κ1) is 27.5. The highest BCUT2D eigenvalue weighted by atomic mass is 16.5. The number of pyridine rings is 1. The molecule has 10 heteroatoms. The van der Waals surface area contributed by atoms with E-state index < -0.39 is 0 Å². The molecule has 44 heavy (non-hydrogen) atoms. The Hall–Kier alpha value is -5.38. The van der Waals surface area contributed by atoms with Gasteiger partial charge in [0.05, 0.1) is 23.5 Å². The number of aryl methyl sites for hydroxylation is 2. The van der Waals surface area contributed by atoms with Crippen LogP contribution in [0.2, 0.25) is 0 Å². The maximum Gasteiger partial charge on any atom is 0.266 e. The van der Waals surface area contributed by atoms with Crippen molar-refractivity contribution < 1.29 is 4.74 Å². The third-order valence-electron chi connectivity index (χ3n) is 8.09. The predicted octanol–water partition coefficient (Wildman–Crippen LogP) is 5.66. The minimum absolute atomic E-state index is 0.0250. The molecule has 4 aromatic heterocycles. The molecular weight excluding hydrogens is 552 g/mol. The lowest BCUT2D eigenvalue weighted by atomic mass is 9.93. The second-order valence-corrected chi connectivity index (χ2v) is 11.1. The lowest BCUT2D eigenvalue weighted by Crippen LogP contribution is -2.27. The Morgan fingerprint density at radius 2 is 1.57 bits per heavy atom. The van der Waals surface area contributed by atoms with Gasteiger partial charge in [0.15, 0.2) is 5.82 Å². The predicted molar refractivity (Wildman–Crippen MR) is 169 cm³/mol. The molecule has 7 rings (SSSR count). The van der Waals surface area contributed by atoms with Crippen LogP contribution in [0.4, 0.5) is 5.82 Å². The minimum atomic E-state index is -0.158. The van der Waals surface area contributed by atoms with Crippen LogP contribution in [0.25, 0.3) is 22.2 Å². The molecule has 4 heterocycles. The second-order valence-electron chi connectivity index (χ2n) is 11.1. The van der Waals surface area contributed by atoms with Gasteiger partial charge >= 0.3 is 0 Å². The van der Waals surface area contributed by atoms with Crippen LogP contribution < -0.4 is 10.3 Å². The van der Waals surface area contributed by atoms with Crippen molar-refractivity contribution in [2.75, 3.05) is 0 Å². The topological polar surface area (TPSA) is 105 Å². The Kier molecular flexibility index (Phi) is 7.31. The monoisotopic (exact) mass is 584 g/mol. The summed E-state index contributed by atoms with van der Waals surface area (Å²) >= 11 is 0. The van der Waals surface area contributed by atoms with Gasteiger partial charge in [-0.15, -0.1) is 5.10 Å². The SMILES string of the molecule is Cn1cc(-c2nn([C@H]3CC[C@@H](Oc4ccc(=O)n(C)n4)CC3)c3cc(N=C(c4ccccc4)c4ccccc4)ncc23)cn1. The highest BCUT2D eigenvalue weighted by Crippen LogP contribution is 2.36. The van der Waals surface area contributed by atoms with E-state index in [2.05, 4.69) is 39.1 Å². The lowest BCUT2D eigenvalue weighted by molar-refractivity contribution is 0.123. The average Bonchev–Trinajstić information content (AvgIpc) is 3.66. The molecule has 220 valence electrons. The van der Waals surface area contributed by atoms with Crippen LogP contribution in [0.5, 0.6) is 5.88 Å². The van der Waals surface area contributed by atoms with E-state index in [1.807, 2.05) is 68.1 Å². The Morgan fingerprint density at radius 3 is 2.20 bits per heavy atom. The average molecular weight is 585 g/mol. The van der Waals surface area contributed by atoms with Crippen molar-refractivity contribution in [2.24, 2.45) is 19.1 Å². The molecule has 1 fully saturated rings. The largest absolute Gasteiger partial charge is 0.473 e. The van der Waals surface area contributed by atoms with Crippen LogP contribution in [0, 0.1) is 0 Å². The molecule has 10 nitrogen and oxygen atoms in total. The van der Waals surface area contributed by atoms with Crippen LogP contribution in [0.3, 0.4) is 0 Å². The first-order valence-corrected chi connectivity index (χ1v) is 14.8. The molecular formula is C34H32N8O2. The number of fused-ring (bicyclic) bond motifs is 1. The zero-order valence-corrected chi connectivity index (χ0v) is 24.6. The molecule has 0 amide bonds. The fraction of sp³-hybridized carbons (Fsp3) is 0.235. The normalized spacial score (nSPS) is 16.6. The van der Waals surface area contributed by atoms with E-state index in [9.17, 15) is 4.79 Å². The number of nitrogens with zero attached hydrogens (tertiary/aromatic N) is 8. The Labute approximate surface area is 254 Å². The summed E-state index contributed by atoms with van der Waals surface area (Å²) in [5.74, 6) is 1.09. The lowest BCUT2D eigenvalue weighted by Gasteiger charge is -2.29. The number of aromatic nitrogens is 7. The van der Waals surface area contributed by atoms with Gasteiger partial charge in [0, 0.05) is 66.8 Å². The molecule has 2 aromatic carbocycles. The molecule has 0 radical (unpaired) electrons. The number of rotatable bonds is 7. The van der Waals surface area contributed by atoms with Crippen LogP contribution in [0.15, 0.2) is 107 Å². The maximum absolute atomic E-state index is 11.7. The summed E-state index contributed by atoms with van der Waals surface area (Å²) in [4.78, 5) is 21.6. The van der Waals surface area contributed by atoms with Crippen molar-refractivity contribution in [3.05, 3.63) is 119 Å². The van der Waals surface area contributed by atoms with Gasteiger partial charge in [-0.2, -0.15) is 10.2 Å². The molecule has 0 atom stereocenters. The zero-order chi connectivity index (χ0) is 30.0. The third-order valence-corrected chi connectivity index (χ3v) is 8.09. The second kappa shape index (κ2) is 11.7. The molecule has 0 unspecified atom stereocenters. The van der Waals surface area contributed by atoms with Crippen molar-refractivity contribution in [1.82, 2.24) is 34.3 Å². The zero-order valence-electron chi connectivity index (χ0n) is 24.6. The van der Waals surface area contributed by atoms with Gasteiger partial charge < -0.3 is 4.74 Å². The highest BCUT2D eigenvalue weighted by molar-refractivity contribution is 6.14. The van der Waals surface area contributed by atoms with Gasteiger partial charge in [0.25, 0.3) is 5.56 Å². The molecule has 0 bridgehead atoms. The molecule has 1 aliphatic rings. The van der Waals surface area contributed by atoms with Crippen molar-refractivity contribution in [2.45, 2.75) is 37.8 Å². The van der Waals surface area contributed by atoms with Crippen LogP contribution in [-0.2, 0) is 14.1 Å². The maximum atomic E-state index is 11.7. The van der Waals surface area contributed by atoms with Crippen LogP contribution in [-0.4, -0.2) is 46.1 Å². The first-order chi connectivity index (χ1) is 21.5. The smallest absolute Gasteiger partial charge is 0.266 e. The van der Waals surface area contributed by atoms with Gasteiger partial charge in [-0.3, -0.25) is 14.2 Å². The van der Waals surface area contributed by atoms with E-state index in [1.165, 1.54) is 10.7 Å². The Morgan fingerprint density at radius 1 is 0.864 bits per heavy atom. The standard InChI is InChI=1S/C34H32N8O2/c1-40-22-25(20-36-40)34-28-21-35-30(37-33(23-9-5-3-6-10-23)24-11-7-4-8-12-24)19-29(28)42(39-34)26-13-15-27(16-14-26)44-31-17-18-32(43)41(2)38-31/h3-12,17-22,26-27H,13-16H2,1-2H3/t26-,27+. The van der Waals surface area contributed by atoms with Gasteiger partial charge in [-0.1, -0.05) is 60.7 Å². The van der Waals surface area contributed by atoms with Crippen molar-refractivity contribution in [3.63, 3.8) is 0 Å². The van der Waals surface area contributed by atoms with Gasteiger partial charge in [0.1, 0.15) is 11.8 Å². The number of aliphatic imine (C=N–C) groups is 1. The molecule has 0 aliphatic heterocycles. The van der Waals surface area contributed by atoms with Crippen molar-refractivity contribution in [1.29, 1.82) is 0 Å². The molecule has 0 N–H and O–H groups in total. The molecule has 0 spiro atoms. The molecule has 6 aromatic rings. The summed E-state index contributed by atoms with van der Waals surface area (Å²) < 4.78 is 11.4. The van der Waals surface area contributed by atoms with Gasteiger partial charge in [-0.25, -0.2) is 14.7 Å². The van der Waals surface area contributed by atoms with E-state index in [0.717, 1.165) is 64.7 Å². The van der Waals surface area contributed by atoms with Crippen molar-refractivity contribution >= 4 is 22.4 Å². The van der Waals surface area contributed by atoms with Gasteiger partial charge in [-0.05, 0) is 25.7 Å². The molecule has 1 aliphatic carbocycles. The summed E-state index contributed by atoms with van der Waals surface area (Å²) in [7, 11) is 3.54. The summed E-state index contributed by atoms with van der Waals surface area (Å²) in [6.07, 6.45) is 9.20. The number of benzene rings is 2. The first-order valence-electron chi connectivity index (χ1n) is 14.8.